The third-order valence-electron chi connectivity index (χ3n) is 4.07. The van der Waals surface area contributed by atoms with E-state index in [-0.39, 0.29) is 12.6 Å². The van der Waals surface area contributed by atoms with E-state index in [0.717, 1.165) is 56.1 Å². The summed E-state index contributed by atoms with van der Waals surface area (Å²) in [5, 5.41) is 16.1. The van der Waals surface area contributed by atoms with Crippen LogP contribution in [0.15, 0.2) is 17.8 Å². The molecule has 1 aliphatic heterocycles. The Morgan fingerprint density at radius 3 is 3.13 bits per heavy atom. The maximum atomic E-state index is 9.44. The molecule has 2 N–H and O–H groups in total. The van der Waals surface area contributed by atoms with Gasteiger partial charge in [-0.1, -0.05) is 0 Å². The van der Waals surface area contributed by atoms with E-state index in [1.807, 2.05) is 13.0 Å². The van der Waals surface area contributed by atoms with Crippen LogP contribution in [-0.2, 0) is 6.42 Å². The van der Waals surface area contributed by atoms with Crippen molar-refractivity contribution in [2.75, 3.05) is 29.9 Å². The molecule has 0 bridgehead atoms. The van der Waals surface area contributed by atoms with Gasteiger partial charge in [0, 0.05) is 36.7 Å². The quantitative estimate of drug-likeness (QED) is 0.757. The van der Waals surface area contributed by atoms with Crippen molar-refractivity contribution in [3.63, 3.8) is 0 Å². The first-order valence-electron chi connectivity index (χ1n) is 8.10. The zero-order valence-corrected chi connectivity index (χ0v) is 14.2. The van der Waals surface area contributed by atoms with Gasteiger partial charge < -0.3 is 15.3 Å². The number of nitrogens with one attached hydrogen (secondary N) is 1. The third-order valence-corrected chi connectivity index (χ3v) is 5.10. The van der Waals surface area contributed by atoms with Crippen molar-refractivity contribution in [3.8, 4) is 0 Å². The fourth-order valence-electron chi connectivity index (χ4n) is 2.90. The van der Waals surface area contributed by atoms with Crippen molar-refractivity contribution >= 4 is 23.0 Å². The summed E-state index contributed by atoms with van der Waals surface area (Å²) in [4.78, 5) is 15.3. The zero-order chi connectivity index (χ0) is 16.1. The number of aliphatic hydroxyl groups excluding tert-OH is 1. The predicted octanol–water partition coefficient (Wildman–Crippen LogP) is 2.25. The van der Waals surface area contributed by atoms with E-state index in [1.54, 1.807) is 17.7 Å². The molecule has 2 aromatic heterocycles. The van der Waals surface area contributed by atoms with Gasteiger partial charge in [0.1, 0.15) is 18.0 Å². The summed E-state index contributed by atoms with van der Waals surface area (Å²) >= 11 is 1.72. The van der Waals surface area contributed by atoms with Crippen LogP contribution >= 0.6 is 11.3 Å². The molecule has 1 atom stereocenters. The number of nitrogens with zero attached hydrogens (tertiary/aromatic N) is 4. The van der Waals surface area contributed by atoms with E-state index in [9.17, 15) is 5.11 Å². The minimum absolute atomic E-state index is 0.181. The SMILES string of the molecule is Cc1csc(CCCNc2cc(N3CCC[C@@H]3CO)ncn2)n1. The Morgan fingerprint density at radius 2 is 2.35 bits per heavy atom. The lowest BCUT2D eigenvalue weighted by atomic mass is 10.2. The highest BCUT2D eigenvalue weighted by Crippen LogP contribution is 2.24. The summed E-state index contributed by atoms with van der Waals surface area (Å²) in [6.45, 7) is 4.02. The maximum Gasteiger partial charge on any atom is 0.134 e. The first-order chi connectivity index (χ1) is 11.3. The van der Waals surface area contributed by atoms with Crippen molar-refractivity contribution in [2.45, 2.75) is 38.6 Å². The van der Waals surface area contributed by atoms with Gasteiger partial charge in [-0.3, -0.25) is 0 Å². The van der Waals surface area contributed by atoms with E-state index in [1.165, 1.54) is 5.01 Å². The Labute approximate surface area is 140 Å². The van der Waals surface area contributed by atoms with Crippen molar-refractivity contribution in [3.05, 3.63) is 28.5 Å². The summed E-state index contributed by atoms with van der Waals surface area (Å²) in [6.07, 6.45) is 5.73. The molecule has 2 aromatic rings. The van der Waals surface area contributed by atoms with E-state index in [0.29, 0.717) is 0 Å². The first kappa shape index (κ1) is 16.1. The second-order valence-electron chi connectivity index (χ2n) is 5.85. The molecule has 7 heteroatoms. The zero-order valence-electron chi connectivity index (χ0n) is 13.4. The van der Waals surface area contributed by atoms with Crippen LogP contribution in [0.25, 0.3) is 0 Å². The molecule has 0 spiro atoms. The average molecular weight is 333 g/mol. The number of thiazole rings is 1. The molecule has 6 nitrogen and oxygen atoms in total. The summed E-state index contributed by atoms with van der Waals surface area (Å²) in [5.74, 6) is 1.74. The van der Waals surface area contributed by atoms with E-state index >= 15 is 0 Å². The molecule has 0 aromatic carbocycles. The van der Waals surface area contributed by atoms with Crippen LogP contribution in [0.4, 0.5) is 11.6 Å². The Kier molecular flexibility index (Phi) is 5.40. The van der Waals surface area contributed by atoms with Crippen molar-refractivity contribution in [2.24, 2.45) is 0 Å². The third kappa shape index (κ3) is 4.17. The largest absolute Gasteiger partial charge is 0.394 e. The van der Waals surface area contributed by atoms with Gasteiger partial charge in [-0.15, -0.1) is 11.3 Å². The second kappa shape index (κ2) is 7.70. The standard InChI is InChI=1S/C16H23N5OS/c1-12-10-23-16(20-12)5-2-6-17-14-8-15(19-11-18-14)21-7-3-4-13(21)9-22/h8,10-11,13,22H,2-7,9H2,1H3,(H,17,18,19)/t13-/m1/s1. The van der Waals surface area contributed by atoms with E-state index in [4.69, 9.17) is 0 Å². The smallest absolute Gasteiger partial charge is 0.134 e. The summed E-state index contributed by atoms with van der Waals surface area (Å²) in [5.41, 5.74) is 1.10. The number of rotatable bonds is 7. The van der Waals surface area contributed by atoms with Crippen LogP contribution in [0.2, 0.25) is 0 Å². The van der Waals surface area contributed by atoms with Crippen LogP contribution in [0, 0.1) is 6.92 Å². The van der Waals surface area contributed by atoms with Crippen LogP contribution in [0.3, 0.4) is 0 Å². The monoisotopic (exact) mass is 333 g/mol. The van der Waals surface area contributed by atoms with Crippen LogP contribution in [0.1, 0.15) is 30.0 Å². The molecular weight excluding hydrogens is 310 g/mol. The van der Waals surface area contributed by atoms with Crippen molar-refractivity contribution in [1.29, 1.82) is 0 Å². The van der Waals surface area contributed by atoms with Gasteiger partial charge in [0.05, 0.1) is 17.7 Å². The lowest BCUT2D eigenvalue weighted by molar-refractivity contribution is 0.266. The van der Waals surface area contributed by atoms with Crippen LogP contribution < -0.4 is 10.2 Å². The van der Waals surface area contributed by atoms with Gasteiger partial charge in [-0.2, -0.15) is 0 Å². The Bertz CT molecular complexity index is 632. The lowest BCUT2D eigenvalue weighted by Crippen LogP contribution is -2.32. The van der Waals surface area contributed by atoms with Crippen LogP contribution in [0.5, 0.6) is 0 Å². The predicted molar refractivity (Wildman–Crippen MR) is 93.1 cm³/mol. The lowest BCUT2D eigenvalue weighted by Gasteiger charge is -2.24. The Balaban J connectivity index is 1.51. The summed E-state index contributed by atoms with van der Waals surface area (Å²) in [6, 6.07) is 2.16. The molecule has 0 amide bonds. The topological polar surface area (TPSA) is 74.2 Å². The molecule has 124 valence electrons. The van der Waals surface area contributed by atoms with Gasteiger partial charge in [-0.25, -0.2) is 15.0 Å². The molecule has 0 saturated carbocycles. The minimum atomic E-state index is 0.181. The Morgan fingerprint density at radius 1 is 1.43 bits per heavy atom. The van der Waals surface area contributed by atoms with E-state index < -0.39 is 0 Å². The van der Waals surface area contributed by atoms with Crippen molar-refractivity contribution < 1.29 is 5.11 Å². The number of anilines is 2. The molecule has 0 aliphatic carbocycles. The molecule has 0 radical (unpaired) electrons. The number of aliphatic hydroxyl groups is 1. The fraction of sp³-hybridized carbons (Fsp3) is 0.562. The van der Waals surface area contributed by atoms with Gasteiger partial charge >= 0.3 is 0 Å². The normalized spacial score (nSPS) is 17.7. The fourth-order valence-corrected chi connectivity index (χ4v) is 3.72. The first-order valence-corrected chi connectivity index (χ1v) is 8.98. The molecule has 1 saturated heterocycles. The highest BCUT2D eigenvalue weighted by molar-refractivity contribution is 7.09. The molecule has 1 aliphatic rings. The van der Waals surface area contributed by atoms with Crippen LogP contribution in [-0.4, -0.2) is 45.8 Å². The van der Waals surface area contributed by atoms with E-state index in [2.05, 4.69) is 30.5 Å². The molecule has 0 unspecified atom stereocenters. The highest BCUT2D eigenvalue weighted by Gasteiger charge is 2.25. The molecule has 3 heterocycles. The number of hydrogen-bond donors (Lipinski definition) is 2. The average Bonchev–Trinajstić information content (AvgIpc) is 3.20. The van der Waals surface area contributed by atoms with Gasteiger partial charge in [0.2, 0.25) is 0 Å². The molecule has 1 fully saturated rings. The molecule has 23 heavy (non-hydrogen) atoms. The van der Waals surface area contributed by atoms with Gasteiger partial charge in [-0.05, 0) is 26.2 Å². The van der Waals surface area contributed by atoms with Crippen molar-refractivity contribution in [1.82, 2.24) is 15.0 Å². The molecule has 3 rings (SSSR count). The minimum Gasteiger partial charge on any atom is -0.394 e. The highest BCUT2D eigenvalue weighted by atomic mass is 32.1. The van der Waals surface area contributed by atoms with Gasteiger partial charge in [0.15, 0.2) is 0 Å². The maximum absolute atomic E-state index is 9.44. The Hall–Kier alpha value is -1.73. The molecular formula is C16H23N5OS. The number of aryl methyl sites for hydroxylation is 2. The second-order valence-corrected chi connectivity index (χ2v) is 6.79. The number of hydrogen-bond acceptors (Lipinski definition) is 7. The van der Waals surface area contributed by atoms with Gasteiger partial charge in [0.25, 0.3) is 0 Å². The summed E-state index contributed by atoms with van der Waals surface area (Å²) in [7, 11) is 0. The summed E-state index contributed by atoms with van der Waals surface area (Å²) < 4.78 is 0. The number of aromatic nitrogens is 3.